The third kappa shape index (κ3) is 5.07. The van der Waals surface area contributed by atoms with Crippen molar-refractivity contribution < 1.29 is 14.6 Å². The Bertz CT molecular complexity index is 438. The van der Waals surface area contributed by atoms with Gasteiger partial charge in [0, 0.05) is 25.8 Å². The van der Waals surface area contributed by atoms with Crippen molar-refractivity contribution in [2.24, 2.45) is 0 Å². The number of carbonyl (C=O) groups is 1. The number of carbonyl (C=O) groups excluding carboxylic acids is 1. The topological polar surface area (TPSA) is 96.6 Å². The quantitative estimate of drug-likeness (QED) is 0.529. The van der Waals surface area contributed by atoms with E-state index in [1.807, 2.05) is 6.92 Å². The van der Waals surface area contributed by atoms with Crippen molar-refractivity contribution in [3.63, 3.8) is 0 Å². The molecule has 0 spiro atoms. The zero-order chi connectivity index (χ0) is 15.0. The number of ether oxygens (including phenoxy) is 1. The van der Waals surface area contributed by atoms with Gasteiger partial charge in [0.05, 0.1) is 24.1 Å². The maximum atomic E-state index is 11.6. The van der Waals surface area contributed by atoms with E-state index >= 15 is 0 Å². The first-order chi connectivity index (χ1) is 9.58. The highest BCUT2D eigenvalue weighted by atomic mass is 16.5. The molecule has 6 nitrogen and oxygen atoms in total. The largest absolute Gasteiger partial charge is 0.397 e. The average molecular weight is 281 g/mol. The Morgan fingerprint density at radius 2 is 2.25 bits per heavy atom. The number of methoxy groups -OCH3 is 1. The highest BCUT2D eigenvalue weighted by Gasteiger charge is 2.08. The normalized spacial score (nSPS) is 11.9. The number of hydrogen-bond acceptors (Lipinski definition) is 5. The molecule has 0 saturated heterocycles. The lowest BCUT2D eigenvalue weighted by Crippen LogP contribution is -2.23. The fourth-order valence-electron chi connectivity index (χ4n) is 1.78. The summed E-state index contributed by atoms with van der Waals surface area (Å²) in [5.74, 6) is -0.138. The number of aliphatic hydroxyl groups excluding tert-OH is 1. The first-order valence-electron chi connectivity index (χ1n) is 6.67. The van der Waals surface area contributed by atoms with E-state index in [9.17, 15) is 9.90 Å². The molecule has 0 heterocycles. The number of rotatable bonds is 8. The van der Waals surface area contributed by atoms with E-state index in [1.54, 1.807) is 25.3 Å². The van der Waals surface area contributed by atoms with Crippen LogP contribution in [-0.4, -0.2) is 43.9 Å². The minimum atomic E-state index is -0.497. The van der Waals surface area contributed by atoms with Crippen LogP contribution in [0.5, 0.6) is 0 Å². The summed E-state index contributed by atoms with van der Waals surface area (Å²) in [7, 11) is 1.55. The van der Waals surface area contributed by atoms with E-state index in [2.05, 4.69) is 10.6 Å². The van der Waals surface area contributed by atoms with E-state index in [1.165, 1.54) is 0 Å². The number of anilines is 2. The molecule has 1 amide bonds. The van der Waals surface area contributed by atoms with Gasteiger partial charge >= 0.3 is 0 Å². The molecule has 0 aromatic heterocycles. The molecule has 1 rings (SSSR count). The molecule has 1 aromatic carbocycles. The van der Waals surface area contributed by atoms with E-state index < -0.39 is 6.10 Å². The van der Waals surface area contributed by atoms with E-state index in [0.717, 1.165) is 5.69 Å². The monoisotopic (exact) mass is 281 g/mol. The van der Waals surface area contributed by atoms with Crippen LogP contribution in [-0.2, 0) is 4.74 Å². The van der Waals surface area contributed by atoms with Gasteiger partial charge in [-0.15, -0.1) is 0 Å². The standard InChI is InChI=1S/C14H23N3O3/c1-3-16-14(19)10-4-5-13(12(15)8-10)17-7-6-11(18)9-20-2/h4-5,8,11,17-18H,3,6-7,9,15H2,1-2H3,(H,16,19). The van der Waals surface area contributed by atoms with Crippen molar-refractivity contribution in [3.05, 3.63) is 23.8 Å². The van der Waals surface area contributed by atoms with Crippen LogP contribution in [0.15, 0.2) is 18.2 Å². The number of nitrogen functional groups attached to an aromatic ring is 1. The van der Waals surface area contributed by atoms with Crippen LogP contribution < -0.4 is 16.4 Å². The van der Waals surface area contributed by atoms with E-state index in [-0.39, 0.29) is 5.91 Å². The van der Waals surface area contributed by atoms with Gasteiger partial charge < -0.3 is 26.2 Å². The first kappa shape index (κ1) is 16.3. The van der Waals surface area contributed by atoms with Crippen LogP contribution in [0.1, 0.15) is 23.7 Å². The lowest BCUT2D eigenvalue weighted by Gasteiger charge is -2.13. The third-order valence-electron chi connectivity index (χ3n) is 2.80. The number of hydrogen-bond donors (Lipinski definition) is 4. The van der Waals surface area contributed by atoms with Gasteiger partial charge in [-0.2, -0.15) is 0 Å². The molecule has 0 aliphatic heterocycles. The molecule has 0 fully saturated rings. The molecule has 1 unspecified atom stereocenters. The summed E-state index contributed by atoms with van der Waals surface area (Å²) in [4.78, 5) is 11.6. The highest BCUT2D eigenvalue weighted by molar-refractivity contribution is 5.96. The fraction of sp³-hybridized carbons (Fsp3) is 0.500. The zero-order valence-electron chi connectivity index (χ0n) is 12.0. The SMILES string of the molecule is CCNC(=O)c1ccc(NCCC(O)COC)c(N)c1. The van der Waals surface area contributed by atoms with Gasteiger partial charge in [-0.1, -0.05) is 0 Å². The predicted molar refractivity (Wildman–Crippen MR) is 79.9 cm³/mol. The predicted octanol–water partition coefficient (Wildman–Crippen LogP) is 0.828. The lowest BCUT2D eigenvalue weighted by atomic mass is 10.1. The molecule has 0 aliphatic rings. The van der Waals surface area contributed by atoms with Gasteiger partial charge in [0.1, 0.15) is 0 Å². The number of nitrogens with one attached hydrogen (secondary N) is 2. The second kappa shape index (κ2) is 8.39. The number of nitrogens with two attached hydrogens (primary N) is 1. The van der Waals surface area contributed by atoms with Crippen molar-refractivity contribution in [2.75, 3.05) is 37.9 Å². The van der Waals surface area contributed by atoms with Gasteiger partial charge in [0.25, 0.3) is 5.91 Å². The van der Waals surface area contributed by atoms with Crippen LogP contribution in [0.2, 0.25) is 0 Å². The molecule has 1 atom stereocenters. The molecule has 1 aromatic rings. The first-order valence-corrected chi connectivity index (χ1v) is 6.67. The van der Waals surface area contributed by atoms with Crippen LogP contribution in [0.4, 0.5) is 11.4 Å². The number of benzene rings is 1. The van der Waals surface area contributed by atoms with Gasteiger partial charge in [-0.05, 0) is 31.5 Å². The fourth-order valence-corrected chi connectivity index (χ4v) is 1.78. The van der Waals surface area contributed by atoms with Crippen molar-refractivity contribution >= 4 is 17.3 Å². The summed E-state index contributed by atoms with van der Waals surface area (Å²) in [5.41, 5.74) is 7.70. The Labute approximate surface area is 119 Å². The van der Waals surface area contributed by atoms with Gasteiger partial charge in [-0.3, -0.25) is 4.79 Å². The molecule has 20 heavy (non-hydrogen) atoms. The highest BCUT2D eigenvalue weighted by Crippen LogP contribution is 2.20. The maximum absolute atomic E-state index is 11.6. The molecular weight excluding hydrogens is 258 g/mol. The number of amides is 1. The summed E-state index contributed by atoms with van der Waals surface area (Å²) in [6, 6.07) is 5.12. The molecule has 0 aliphatic carbocycles. The van der Waals surface area contributed by atoms with E-state index in [0.29, 0.717) is 37.4 Å². The minimum absolute atomic E-state index is 0.138. The molecule has 6 heteroatoms. The van der Waals surface area contributed by atoms with Gasteiger partial charge in [-0.25, -0.2) is 0 Å². The second-order valence-electron chi connectivity index (χ2n) is 4.49. The van der Waals surface area contributed by atoms with Crippen molar-refractivity contribution in [2.45, 2.75) is 19.4 Å². The Hall–Kier alpha value is -1.79. The second-order valence-corrected chi connectivity index (χ2v) is 4.49. The van der Waals surface area contributed by atoms with Crippen LogP contribution in [0, 0.1) is 0 Å². The van der Waals surface area contributed by atoms with Crippen molar-refractivity contribution in [3.8, 4) is 0 Å². The smallest absolute Gasteiger partial charge is 0.251 e. The minimum Gasteiger partial charge on any atom is -0.397 e. The number of aliphatic hydroxyl groups is 1. The van der Waals surface area contributed by atoms with Gasteiger partial charge in [0.15, 0.2) is 0 Å². The summed E-state index contributed by atoms with van der Waals surface area (Å²) in [6.45, 7) is 3.33. The van der Waals surface area contributed by atoms with Crippen LogP contribution in [0.25, 0.3) is 0 Å². The Morgan fingerprint density at radius 3 is 2.85 bits per heavy atom. The molecule has 112 valence electrons. The molecule has 0 radical (unpaired) electrons. The summed E-state index contributed by atoms with van der Waals surface area (Å²) in [6.07, 6.45) is 0.0639. The van der Waals surface area contributed by atoms with E-state index in [4.69, 9.17) is 10.5 Å². The van der Waals surface area contributed by atoms with Gasteiger partial charge in [0.2, 0.25) is 0 Å². The summed E-state index contributed by atoms with van der Waals surface area (Å²) in [5, 5.41) is 15.4. The van der Waals surface area contributed by atoms with Crippen molar-refractivity contribution in [1.29, 1.82) is 0 Å². The third-order valence-corrected chi connectivity index (χ3v) is 2.80. The van der Waals surface area contributed by atoms with Crippen LogP contribution >= 0.6 is 0 Å². The lowest BCUT2D eigenvalue weighted by molar-refractivity contribution is 0.0615. The van der Waals surface area contributed by atoms with Crippen LogP contribution in [0.3, 0.4) is 0 Å². The Kier molecular flexibility index (Phi) is 6.83. The molecular formula is C14H23N3O3. The average Bonchev–Trinajstić information content (AvgIpc) is 2.41. The summed E-state index contributed by atoms with van der Waals surface area (Å²) >= 11 is 0. The zero-order valence-corrected chi connectivity index (χ0v) is 12.0. The molecule has 0 bridgehead atoms. The maximum Gasteiger partial charge on any atom is 0.251 e. The Morgan fingerprint density at radius 1 is 1.50 bits per heavy atom. The summed E-state index contributed by atoms with van der Waals surface area (Å²) < 4.78 is 4.85. The molecule has 0 saturated carbocycles. The Balaban J connectivity index is 2.53. The molecule has 5 N–H and O–H groups in total. The van der Waals surface area contributed by atoms with Crippen molar-refractivity contribution in [1.82, 2.24) is 5.32 Å².